The summed E-state index contributed by atoms with van der Waals surface area (Å²) >= 11 is 0. The van der Waals surface area contributed by atoms with Crippen LogP contribution in [0.2, 0.25) is 0 Å². The molecule has 2 atom stereocenters. The first-order valence-corrected chi connectivity index (χ1v) is 20.5. The van der Waals surface area contributed by atoms with Gasteiger partial charge in [-0.25, -0.2) is 24.6 Å². The van der Waals surface area contributed by atoms with Crippen LogP contribution in [0.25, 0.3) is 61.4 Å². The molecule has 13 nitrogen and oxygen atoms in total. The molecule has 9 aromatic rings. The number of furan rings is 1. The highest BCUT2D eigenvalue weighted by molar-refractivity contribution is 5.94. The van der Waals surface area contributed by atoms with E-state index in [0.29, 0.717) is 28.8 Å². The number of anilines is 2. The van der Waals surface area contributed by atoms with Crippen LogP contribution in [-0.2, 0) is 0 Å². The molecule has 5 aromatic heterocycles. The second-order valence-electron chi connectivity index (χ2n) is 15.7. The number of nitrogens with one attached hydrogen (secondary N) is 2. The Morgan fingerprint density at radius 1 is 0.667 bits per heavy atom. The van der Waals surface area contributed by atoms with Crippen LogP contribution in [0.5, 0.6) is 5.75 Å². The number of aryl methyl sites for hydroxylation is 3. The third kappa shape index (κ3) is 8.57. The van der Waals surface area contributed by atoms with Gasteiger partial charge in [0.25, 0.3) is 0 Å². The number of aromatic nitrogens is 7. The van der Waals surface area contributed by atoms with Crippen molar-refractivity contribution in [2.75, 3.05) is 10.6 Å². The van der Waals surface area contributed by atoms with Gasteiger partial charge in [0.2, 0.25) is 5.91 Å². The molecule has 0 spiro atoms. The third-order valence-corrected chi connectivity index (χ3v) is 11.0. The van der Waals surface area contributed by atoms with Gasteiger partial charge in [-0.1, -0.05) is 48.5 Å². The molecule has 5 heterocycles. The average molecular weight is 833 g/mol. The van der Waals surface area contributed by atoms with E-state index in [4.69, 9.17) is 25.2 Å². The van der Waals surface area contributed by atoms with E-state index in [1.807, 2.05) is 86.4 Å². The van der Waals surface area contributed by atoms with E-state index >= 15 is 0 Å². The molecule has 0 aliphatic rings. The Balaban J connectivity index is 0.973. The predicted octanol–water partition coefficient (Wildman–Crippen LogP) is 10.3. The molecule has 1 amide bonds. The summed E-state index contributed by atoms with van der Waals surface area (Å²) in [5.41, 5.74) is 17.3. The Kier molecular flexibility index (Phi) is 10.7. The lowest BCUT2D eigenvalue weighted by Crippen LogP contribution is -2.11. The second-order valence-corrected chi connectivity index (χ2v) is 15.7. The molecule has 13 heteroatoms. The van der Waals surface area contributed by atoms with Crippen LogP contribution in [0.3, 0.4) is 0 Å². The number of pyridine rings is 1. The molecule has 0 bridgehead atoms. The van der Waals surface area contributed by atoms with Gasteiger partial charge in [0, 0.05) is 70.4 Å². The fourth-order valence-electron chi connectivity index (χ4n) is 7.73. The molecular formula is C50H44N10O3. The molecule has 4 aromatic carbocycles. The summed E-state index contributed by atoms with van der Waals surface area (Å²) in [6.07, 6.45) is 8.82. The van der Waals surface area contributed by atoms with Crippen molar-refractivity contribution in [1.29, 1.82) is 0 Å². The van der Waals surface area contributed by atoms with E-state index in [9.17, 15) is 9.90 Å². The molecule has 9 rings (SSSR count). The zero-order valence-corrected chi connectivity index (χ0v) is 35.3. The minimum Gasteiger partial charge on any atom is -0.508 e. The van der Waals surface area contributed by atoms with Gasteiger partial charge in [-0.05, 0) is 105 Å². The highest BCUT2D eigenvalue weighted by Gasteiger charge is 2.18. The van der Waals surface area contributed by atoms with Crippen molar-refractivity contribution in [1.82, 2.24) is 34.7 Å². The second kappa shape index (κ2) is 16.7. The lowest BCUT2D eigenvalue weighted by Gasteiger charge is -2.17. The van der Waals surface area contributed by atoms with Gasteiger partial charge in [0.1, 0.15) is 34.7 Å². The predicted molar refractivity (Wildman–Crippen MR) is 245 cm³/mol. The summed E-state index contributed by atoms with van der Waals surface area (Å²) in [6, 6.07) is 33.0. The largest absolute Gasteiger partial charge is 0.508 e. The number of benzene rings is 4. The van der Waals surface area contributed by atoms with Crippen LogP contribution in [0.4, 0.5) is 11.6 Å². The highest BCUT2D eigenvalue weighted by Crippen LogP contribution is 2.35. The lowest BCUT2D eigenvalue weighted by atomic mass is 10.00. The first kappa shape index (κ1) is 40.2. The van der Waals surface area contributed by atoms with E-state index < -0.39 is 5.91 Å². The minimum absolute atomic E-state index is 0.0810. The van der Waals surface area contributed by atoms with Crippen LogP contribution >= 0.6 is 0 Å². The third-order valence-electron chi connectivity index (χ3n) is 11.0. The van der Waals surface area contributed by atoms with Gasteiger partial charge in [-0.2, -0.15) is 5.10 Å². The molecule has 2 unspecified atom stereocenters. The SMILES string of the molecule is Cc1nc(NC(C)c2cccc(-c3cnn(-c4cc(-c5cc(NC(C)c6cccc(-c7cncc(C(N)=O)c7)c6)nc(C)n5)cc5c(C)coc45)c3)c2)cc(-c2cccc(O)c2)n1. The van der Waals surface area contributed by atoms with Crippen molar-refractivity contribution >= 4 is 28.5 Å². The monoisotopic (exact) mass is 832 g/mol. The standard InChI is InChI=1S/C50H44N10O3/c1-28-27-63-49-43(28)19-38(45-22-48(59-32(5)57-45)55-29(2)33-9-6-11-35(15-33)39-17-40(50(51)62)24-52-23-39)20-46(49)60-26-41(25-53-60)36-12-7-10-34(16-36)30(3)54-47-21-44(56-31(4)58-47)37-13-8-14-42(61)18-37/h6-27,29-30,61H,1-5H3,(H2,51,62)(H,54,56,58)(H,55,57,59). The first-order valence-electron chi connectivity index (χ1n) is 20.5. The van der Waals surface area contributed by atoms with Gasteiger partial charge >= 0.3 is 0 Å². The number of primary amides is 1. The molecule has 0 saturated carbocycles. The summed E-state index contributed by atoms with van der Waals surface area (Å²) in [4.78, 5) is 34.9. The maximum Gasteiger partial charge on any atom is 0.250 e. The Hall–Kier alpha value is -8.19. The molecule has 5 N–H and O–H groups in total. The van der Waals surface area contributed by atoms with Crippen molar-refractivity contribution in [3.63, 3.8) is 0 Å². The summed E-state index contributed by atoms with van der Waals surface area (Å²) in [5, 5.41) is 22.9. The van der Waals surface area contributed by atoms with Gasteiger partial charge in [0.15, 0.2) is 5.58 Å². The molecule has 312 valence electrons. The maximum absolute atomic E-state index is 11.8. The Morgan fingerprint density at radius 2 is 1.29 bits per heavy atom. The van der Waals surface area contributed by atoms with Gasteiger partial charge in [0.05, 0.1) is 29.4 Å². The number of aromatic hydroxyl groups is 1. The van der Waals surface area contributed by atoms with Crippen LogP contribution in [-0.4, -0.2) is 45.7 Å². The summed E-state index contributed by atoms with van der Waals surface area (Å²) in [6.45, 7) is 9.93. The lowest BCUT2D eigenvalue weighted by molar-refractivity contribution is 0.1000. The van der Waals surface area contributed by atoms with Crippen LogP contribution in [0, 0.1) is 20.8 Å². The molecule has 0 aliphatic carbocycles. The first-order chi connectivity index (χ1) is 30.4. The normalized spacial score (nSPS) is 12.3. The van der Waals surface area contributed by atoms with Gasteiger partial charge in [-0.15, -0.1) is 0 Å². The fourth-order valence-corrected chi connectivity index (χ4v) is 7.73. The van der Waals surface area contributed by atoms with Gasteiger partial charge in [-0.3, -0.25) is 9.78 Å². The number of fused-ring (bicyclic) bond motifs is 1. The molecule has 63 heavy (non-hydrogen) atoms. The number of nitrogens with zero attached hydrogens (tertiary/aromatic N) is 7. The van der Waals surface area contributed by atoms with Crippen molar-refractivity contribution < 1.29 is 14.3 Å². The van der Waals surface area contributed by atoms with Crippen molar-refractivity contribution in [2.45, 2.75) is 46.7 Å². The Bertz CT molecular complexity index is 3170. The van der Waals surface area contributed by atoms with E-state index in [-0.39, 0.29) is 17.8 Å². The highest BCUT2D eigenvalue weighted by atomic mass is 16.3. The number of hydrogen-bond donors (Lipinski definition) is 4. The minimum atomic E-state index is -0.520. The molecular weight excluding hydrogens is 789 g/mol. The number of rotatable bonds is 12. The molecule has 0 radical (unpaired) electrons. The zero-order valence-electron chi connectivity index (χ0n) is 35.3. The van der Waals surface area contributed by atoms with Crippen LogP contribution in [0.15, 0.2) is 139 Å². The average Bonchev–Trinajstić information content (AvgIpc) is 3.93. The van der Waals surface area contributed by atoms with Gasteiger partial charge < -0.3 is 25.9 Å². The number of hydrogen-bond acceptors (Lipinski definition) is 11. The number of phenols is 1. The number of nitrogens with two attached hydrogens (primary N) is 1. The Labute approximate surface area is 363 Å². The van der Waals surface area contributed by atoms with Crippen LogP contribution in [0.1, 0.15) is 64.6 Å². The van der Waals surface area contributed by atoms with E-state index in [2.05, 4.69) is 69.8 Å². The van der Waals surface area contributed by atoms with E-state index in [1.165, 1.54) is 6.20 Å². The maximum atomic E-state index is 11.8. The zero-order chi connectivity index (χ0) is 43.8. The van der Waals surface area contributed by atoms with E-state index in [0.717, 1.165) is 78.1 Å². The van der Waals surface area contributed by atoms with Crippen molar-refractivity contribution in [2.24, 2.45) is 5.73 Å². The van der Waals surface area contributed by atoms with Crippen molar-refractivity contribution in [3.05, 3.63) is 168 Å². The Morgan fingerprint density at radius 3 is 1.94 bits per heavy atom. The molecule has 0 aliphatic heterocycles. The summed E-state index contributed by atoms with van der Waals surface area (Å²) < 4.78 is 7.99. The van der Waals surface area contributed by atoms with Crippen LogP contribution < -0.4 is 16.4 Å². The number of phenolic OH excluding ortho intramolecular Hbond substituents is 1. The summed E-state index contributed by atoms with van der Waals surface area (Å²) in [7, 11) is 0. The fraction of sp³-hybridized carbons (Fsp3) is 0.140. The quantitative estimate of drug-likeness (QED) is 0.0919. The number of carbonyl (C=O) groups is 1. The number of carbonyl (C=O) groups excluding carboxylic acids is 1. The van der Waals surface area contributed by atoms with Crippen molar-refractivity contribution in [3.8, 4) is 56.2 Å². The molecule has 0 saturated heterocycles. The molecule has 0 fully saturated rings. The topological polar surface area (TPSA) is 183 Å². The summed E-state index contributed by atoms with van der Waals surface area (Å²) in [5.74, 6) is 2.27. The number of amides is 1. The smallest absolute Gasteiger partial charge is 0.250 e. The van der Waals surface area contributed by atoms with E-state index in [1.54, 1.807) is 36.7 Å².